The maximum Gasteiger partial charge on any atom is 0.224 e. The first kappa shape index (κ1) is 20.2. The molecule has 1 amide bonds. The topological polar surface area (TPSA) is 46.9 Å². The van der Waals surface area contributed by atoms with Crippen LogP contribution in [0.15, 0.2) is 91.1 Å². The molecular weight excluding hydrogens is 401 g/mol. The van der Waals surface area contributed by atoms with E-state index >= 15 is 0 Å². The van der Waals surface area contributed by atoms with E-state index in [2.05, 4.69) is 17.4 Å². The standard InChI is InChI=1S/C27H24FN3O/c28-25-14-8-7-13-22(25)23-15-24(23)27(32)29-16-21-18-31(17-19-9-3-1-4-10-19)30-26(21)20-11-5-2-6-12-20/h1-14,18,23-24H,15-17H2,(H,29,32). The van der Waals surface area contributed by atoms with E-state index in [1.54, 1.807) is 12.1 Å². The zero-order valence-corrected chi connectivity index (χ0v) is 17.6. The summed E-state index contributed by atoms with van der Waals surface area (Å²) in [6.45, 7) is 1.05. The third-order valence-electron chi connectivity index (χ3n) is 5.96. The highest BCUT2D eigenvalue weighted by atomic mass is 19.1. The smallest absolute Gasteiger partial charge is 0.224 e. The second kappa shape index (κ2) is 8.79. The fourth-order valence-corrected chi connectivity index (χ4v) is 4.20. The normalized spacial score (nSPS) is 17.2. The summed E-state index contributed by atoms with van der Waals surface area (Å²) in [5, 5.41) is 7.86. The van der Waals surface area contributed by atoms with Crippen molar-refractivity contribution in [1.29, 1.82) is 0 Å². The second-order valence-electron chi connectivity index (χ2n) is 8.24. The molecule has 1 aromatic heterocycles. The molecule has 4 aromatic rings. The molecule has 0 saturated heterocycles. The molecule has 1 heterocycles. The molecule has 1 aliphatic carbocycles. The van der Waals surface area contributed by atoms with E-state index in [4.69, 9.17) is 5.10 Å². The van der Waals surface area contributed by atoms with E-state index < -0.39 is 0 Å². The molecule has 32 heavy (non-hydrogen) atoms. The summed E-state index contributed by atoms with van der Waals surface area (Å²) in [6, 6.07) is 26.9. The highest BCUT2D eigenvalue weighted by molar-refractivity contribution is 5.83. The number of halogens is 1. The summed E-state index contributed by atoms with van der Waals surface area (Å²) >= 11 is 0. The van der Waals surface area contributed by atoms with Crippen molar-refractivity contribution in [3.05, 3.63) is 114 Å². The molecule has 5 rings (SSSR count). The first-order valence-corrected chi connectivity index (χ1v) is 10.9. The van der Waals surface area contributed by atoms with Crippen LogP contribution in [0.1, 0.15) is 29.0 Å². The van der Waals surface area contributed by atoms with Crippen molar-refractivity contribution in [3.8, 4) is 11.3 Å². The van der Waals surface area contributed by atoms with E-state index in [0.29, 0.717) is 25.1 Å². The number of carbonyl (C=O) groups excluding carboxylic acids is 1. The molecule has 1 saturated carbocycles. The van der Waals surface area contributed by atoms with Gasteiger partial charge < -0.3 is 5.32 Å². The molecule has 0 bridgehead atoms. The van der Waals surface area contributed by atoms with Crippen LogP contribution in [0.4, 0.5) is 4.39 Å². The van der Waals surface area contributed by atoms with Crippen molar-refractivity contribution in [2.45, 2.75) is 25.4 Å². The summed E-state index contributed by atoms with van der Waals surface area (Å²) in [4.78, 5) is 12.8. The van der Waals surface area contributed by atoms with Gasteiger partial charge in [-0.1, -0.05) is 78.9 Å². The maximum atomic E-state index is 14.0. The number of aromatic nitrogens is 2. The van der Waals surface area contributed by atoms with E-state index in [0.717, 1.165) is 22.4 Å². The van der Waals surface area contributed by atoms with Crippen molar-refractivity contribution in [2.75, 3.05) is 0 Å². The Morgan fingerprint density at radius 1 is 0.969 bits per heavy atom. The monoisotopic (exact) mass is 425 g/mol. The van der Waals surface area contributed by atoms with Crippen molar-refractivity contribution in [2.24, 2.45) is 5.92 Å². The number of carbonyl (C=O) groups is 1. The zero-order valence-electron chi connectivity index (χ0n) is 17.6. The predicted octanol–water partition coefficient (Wildman–Crippen LogP) is 5.16. The third-order valence-corrected chi connectivity index (χ3v) is 5.96. The summed E-state index contributed by atoms with van der Waals surface area (Å²) in [6.07, 6.45) is 2.68. The van der Waals surface area contributed by atoms with E-state index in [-0.39, 0.29) is 23.6 Å². The summed E-state index contributed by atoms with van der Waals surface area (Å²) in [5.74, 6) is -0.480. The van der Waals surface area contributed by atoms with Gasteiger partial charge in [-0.3, -0.25) is 9.48 Å². The minimum absolute atomic E-state index is 0.0342. The molecule has 1 N–H and O–H groups in total. The van der Waals surface area contributed by atoms with E-state index in [1.165, 1.54) is 6.07 Å². The van der Waals surface area contributed by atoms with Gasteiger partial charge in [0.25, 0.3) is 0 Å². The van der Waals surface area contributed by atoms with Crippen LogP contribution in [0, 0.1) is 11.7 Å². The van der Waals surface area contributed by atoms with Gasteiger partial charge in [0.05, 0.1) is 12.2 Å². The quantitative estimate of drug-likeness (QED) is 0.445. The third kappa shape index (κ3) is 4.33. The Morgan fingerprint density at radius 2 is 1.66 bits per heavy atom. The molecule has 2 atom stereocenters. The fraction of sp³-hybridized carbons (Fsp3) is 0.185. The van der Waals surface area contributed by atoms with Crippen LogP contribution in [0.2, 0.25) is 0 Å². The molecule has 0 aliphatic heterocycles. The minimum atomic E-state index is -0.235. The number of hydrogen-bond donors (Lipinski definition) is 1. The average molecular weight is 426 g/mol. The van der Waals surface area contributed by atoms with Gasteiger partial charge in [-0.25, -0.2) is 4.39 Å². The van der Waals surface area contributed by atoms with Gasteiger partial charge in [0.2, 0.25) is 5.91 Å². The maximum absolute atomic E-state index is 14.0. The van der Waals surface area contributed by atoms with Gasteiger partial charge in [-0.05, 0) is 29.5 Å². The molecule has 5 heteroatoms. The molecule has 4 nitrogen and oxygen atoms in total. The lowest BCUT2D eigenvalue weighted by Crippen LogP contribution is -2.25. The molecule has 0 spiro atoms. The SMILES string of the molecule is O=C(NCc1cn(Cc2ccccc2)nc1-c1ccccc1)C1CC1c1ccccc1F. The molecular formula is C27H24FN3O. The Balaban J connectivity index is 1.31. The van der Waals surface area contributed by atoms with Crippen molar-refractivity contribution < 1.29 is 9.18 Å². The molecule has 1 aliphatic rings. The number of hydrogen-bond acceptors (Lipinski definition) is 2. The minimum Gasteiger partial charge on any atom is -0.352 e. The molecule has 160 valence electrons. The largest absolute Gasteiger partial charge is 0.352 e. The molecule has 3 aromatic carbocycles. The van der Waals surface area contributed by atoms with E-state index in [1.807, 2.05) is 65.5 Å². The van der Waals surface area contributed by atoms with Crippen molar-refractivity contribution in [3.63, 3.8) is 0 Å². The summed E-state index contributed by atoms with van der Waals surface area (Å²) < 4.78 is 16.0. The average Bonchev–Trinajstić information content (AvgIpc) is 3.52. The van der Waals surface area contributed by atoms with Gasteiger partial charge >= 0.3 is 0 Å². The van der Waals surface area contributed by atoms with Crippen LogP contribution in [0.5, 0.6) is 0 Å². The number of nitrogens with zero attached hydrogens (tertiary/aromatic N) is 2. The van der Waals surface area contributed by atoms with Gasteiger partial charge in [0.15, 0.2) is 0 Å². The van der Waals surface area contributed by atoms with Crippen molar-refractivity contribution >= 4 is 5.91 Å². The predicted molar refractivity (Wildman–Crippen MR) is 122 cm³/mol. The molecule has 1 fully saturated rings. The van der Waals surface area contributed by atoms with Crippen LogP contribution in [0.3, 0.4) is 0 Å². The van der Waals surface area contributed by atoms with Crippen LogP contribution >= 0.6 is 0 Å². The van der Waals surface area contributed by atoms with E-state index in [9.17, 15) is 9.18 Å². The fourth-order valence-electron chi connectivity index (χ4n) is 4.20. The Kier molecular flexibility index (Phi) is 5.55. The Hall–Kier alpha value is -3.73. The first-order valence-electron chi connectivity index (χ1n) is 10.9. The number of rotatable bonds is 7. The Morgan fingerprint density at radius 3 is 2.41 bits per heavy atom. The lowest BCUT2D eigenvalue weighted by Gasteiger charge is -2.06. The molecule has 0 radical (unpaired) electrons. The first-order chi connectivity index (χ1) is 15.7. The zero-order chi connectivity index (χ0) is 21.9. The van der Waals surface area contributed by atoms with Crippen molar-refractivity contribution in [1.82, 2.24) is 15.1 Å². The lowest BCUT2D eigenvalue weighted by molar-refractivity contribution is -0.122. The summed E-state index contributed by atoms with van der Waals surface area (Å²) in [5.41, 5.74) is 4.63. The Labute approximate surface area is 186 Å². The van der Waals surface area contributed by atoms with Crippen LogP contribution < -0.4 is 5.32 Å². The van der Waals surface area contributed by atoms with Crippen LogP contribution in [-0.2, 0) is 17.9 Å². The Bertz CT molecular complexity index is 1220. The highest BCUT2D eigenvalue weighted by Gasteiger charge is 2.45. The van der Waals surface area contributed by atoms with Crippen LogP contribution in [0.25, 0.3) is 11.3 Å². The molecule has 2 unspecified atom stereocenters. The number of nitrogens with one attached hydrogen (secondary N) is 1. The number of benzene rings is 3. The summed E-state index contributed by atoms with van der Waals surface area (Å²) in [7, 11) is 0. The highest BCUT2D eigenvalue weighted by Crippen LogP contribution is 2.48. The number of amides is 1. The van der Waals surface area contributed by atoms with Gasteiger partial charge in [0.1, 0.15) is 5.82 Å². The van der Waals surface area contributed by atoms with Gasteiger partial charge in [-0.15, -0.1) is 0 Å². The van der Waals surface area contributed by atoms with Gasteiger partial charge in [0, 0.05) is 29.8 Å². The lowest BCUT2D eigenvalue weighted by atomic mass is 10.1. The second-order valence-corrected chi connectivity index (χ2v) is 8.24. The van der Waals surface area contributed by atoms with Crippen LogP contribution in [-0.4, -0.2) is 15.7 Å². The van der Waals surface area contributed by atoms with Gasteiger partial charge in [-0.2, -0.15) is 5.10 Å².